The Kier molecular flexibility index (Phi) is 6.39. The van der Waals surface area contributed by atoms with E-state index in [0.29, 0.717) is 24.3 Å². The van der Waals surface area contributed by atoms with Crippen LogP contribution in [0, 0.1) is 34.5 Å². The van der Waals surface area contributed by atoms with E-state index in [2.05, 4.69) is 0 Å². The van der Waals surface area contributed by atoms with Crippen LogP contribution in [-0.4, -0.2) is 46.2 Å². The van der Waals surface area contributed by atoms with E-state index in [1.165, 1.54) is 0 Å². The largest absolute Gasteiger partial charge is 0.493 e. The van der Waals surface area contributed by atoms with Crippen LogP contribution in [0.15, 0.2) is 18.2 Å². The maximum absolute atomic E-state index is 14.2. The lowest BCUT2D eigenvalue weighted by Gasteiger charge is -2.61. The molecule has 0 spiro atoms. The molecule has 36 heavy (non-hydrogen) atoms. The first-order valence-corrected chi connectivity index (χ1v) is 12.9. The quantitative estimate of drug-likeness (QED) is 0.473. The van der Waals surface area contributed by atoms with Gasteiger partial charge in [0.25, 0.3) is 0 Å². The van der Waals surface area contributed by atoms with E-state index in [4.69, 9.17) is 4.74 Å². The molecule has 0 aromatic heterocycles. The minimum Gasteiger partial charge on any atom is -0.493 e. The molecule has 2 saturated carbocycles. The third-order valence-electron chi connectivity index (χ3n) is 8.85. The van der Waals surface area contributed by atoms with Crippen LogP contribution in [0.1, 0.15) is 76.7 Å². The number of Topliss-reactive ketones (excluding diaryl/α,β-unsaturated/α-hetero) is 5. The number of hydrogen-bond donors (Lipinski definition) is 1. The molecule has 0 bridgehead atoms. The van der Waals surface area contributed by atoms with Gasteiger partial charge < -0.3 is 9.84 Å². The van der Waals surface area contributed by atoms with Crippen molar-refractivity contribution in [3.05, 3.63) is 29.3 Å². The topological polar surface area (TPSA) is 115 Å². The minimum absolute atomic E-state index is 0.115. The fourth-order valence-corrected chi connectivity index (χ4v) is 7.52. The standard InChI is InChI=1S/C29H36O7/c1-7-8-12-36-18-11-9-10-17-13-27(5)14-28(6)21(15(2)3)23(31)19(16(4)30)25(33)29(28,35)26(34)22(27)24(32)20(17)18/h9-11,15,19,21-22,35H,7-8,12-14H2,1-6H3/t19?,21?,22?,27-,28-,29+/m1/s1. The summed E-state index contributed by atoms with van der Waals surface area (Å²) in [5.74, 6) is -7.51. The minimum atomic E-state index is -2.61. The highest BCUT2D eigenvalue weighted by Crippen LogP contribution is 2.63. The highest BCUT2D eigenvalue weighted by Gasteiger charge is 2.76. The van der Waals surface area contributed by atoms with E-state index < -0.39 is 63.1 Å². The fraction of sp³-hybridized carbons (Fsp3) is 0.621. The Morgan fingerprint density at radius 1 is 1.14 bits per heavy atom. The van der Waals surface area contributed by atoms with Gasteiger partial charge in [0.05, 0.1) is 18.1 Å². The third kappa shape index (κ3) is 3.38. The van der Waals surface area contributed by atoms with E-state index in [9.17, 15) is 29.1 Å². The molecular weight excluding hydrogens is 460 g/mol. The van der Waals surface area contributed by atoms with Gasteiger partial charge in [-0.25, -0.2) is 0 Å². The fourth-order valence-electron chi connectivity index (χ4n) is 7.52. The molecule has 1 aromatic carbocycles. The maximum Gasteiger partial charge on any atom is 0.190 e. The summed E-state index contributed by atoms with van der Waals surface area (Å²) in [6.07, 6.45) is 2.21. The predicted octanol–water partition coefficient (Wildman–Crippen LogP) is 3.57. The zero-order valence-electron chi connectivity index (χ0n) is 22.0. The molecular formula is C29H36O7. The summed E-state index contributed by atoms with van der Waals surface area (Å²) in [7, 11) is 0. The highest BCUT2D eigenvalue weighted by atomic mass is 16.5. The van der Waals surface area contributed by atoms with Gasteiger partial charge in [-0.1, -0.05) is 53.2 Å². The van der Waals surface area contributed by atoms with Gasteiger partial charge in [0, 0.05) is 11.3 Å². The summed E-state index contributed by atoms with van der Waals surface area (Å²) in [4.78, 5) is 67.7. The summed E-state index contributed by atoms with van der Waals surface area (Å²) in [5, 5.41) is 12.0. The van der Waals surface area contributed by atoms with E-state index in [0.717, 1.165) is 25.3 Å². The Labute approximate surface area is 212 Å². The molecule has 0 heterocycles. The van der Waals surface area contributed by atoms with Crippen molar-refractivity contribution in [3.8, 4) is 5.75 Å². The molecule has 0 saturated heterocycles. The predicted molar refractivity (Wildman–Crippen MR) is 132 cm³/mol. The molecule has 1 aromatic rings. The number of carbonyl (C=O) groups excluding carboxylic acids is 5. The molecule has 6 atom stereocenters. The van der Waals surface area contributed by atoms with Crippen LogP contribution in [0.5, 0.6) is 5.75 Å². The molecule has 7 nitrogen and oxygen atoms in total. The van der Waals surface area contributed by atoms with Gasteiger partial charge in [-0.3, -0.25) is 24.0 Å². The molecule has 3 aliphatic carbocycles. The van der Waals surface area contributed by atoms with Crippen molar-refractivity contribution in [1.29, 1.82) is 0 Å². The Balaban J connectivity index is 1.89. The van der Waals surface area contributed by atoms with Gasteiger partial charge in [0.1, 0.15) is 17.5 Å². The SMILES string of the molecule is CCCCOc1cccc2c1C(=O)C1C(=O)[C@@]3(O)C(=O)C(C(C)=O)C(=O)C(C(C)C)[C@@]3(C)C[C@@]1(C)C2. The maximum atomic E-state index is 14.2. The average Bonchev–Trinajstić information content (AvgIpc) is 2.76. The van der Waals surface area contributed by atoms with Crippen LogP contribution in [-0.2, 0) is 25.6 Å². The van der Waals surface area contributed by atoms with Crippen LogP contribution >= 0.6 is 0 Å². The second kappa shape index (κ2) is 8.72. The molecule has 2 fully saturated rings. The zero-order chi connectivity index (χ0) is 26.8. The summed E-state index contributed by atoms with van der Waals surface area (Å²) in [6, 6.07) is 5.37. The van der Waals surface area contributed by atoms with Crippen LogP contribution in [0.3, 0.4) is 0 Å². The summed E-state index contributed by atoms with van der Waals surface area (Å²) in [6.45, 7) is 10.6. The van der Waals surface area contributed by atoms with E-state index in [-0.39, 0.29) is 12.3 Å². The third-order valence-corrected chi connectivity index (χ3v) is 8.85. The molecule has 0 aliphatic heterocycles. The van der Waals surface area contributed by atoms with Gasteiger partial charge in [0.15, 0.2) is 28.7 Å². The number of ether oxygens (including phenoxy) is 1. The molecule has 4 rings (SSSR count). The monoisotopic (exact) mass is 496 g/mol. The molecule has 1 N–H and O–H groups in total. The van der Waals surface area contributed by atoms with E-state index >= 15 is 0 Å². The van der Waals surface area contributed by atoms with Crippen molar-refractivity contribution >= 4 is 28.9 Å². The normalized spacial score (nSPS) is 35.8. The second-order valence-corrected chi connectivity index (χ2v) is 11.8. The van der Waals surface area contributed by atoms with Crippen molar-refractivity contribution in [1.82, 2.24) is 0 Å². The Morgan fingerprint density at radius 2 is 1.81 bits per heavy atom. The van der Waals surface area contributed by atoms with Crippen LogP contribution in [0.4, 0.5) is 0 Å². The first-order valence-electron chi connectivity index (χ1n) is 12.9. The first-order chi connectivity index (χ1) is 16.8. The number of rotatable bonds is 6. The Bertz CT molecular complexity index is 1170. The molecule has 3 unspecified atom stereocenters. The second-order valence-electron chi connectivity index (χ2n) is 11.8. The van der Waals surface area contributed by atoms with Crippen molar-refractivity contribution in [3.63, 3.8) is 0 Å². The molecule has 7 heteroatoms. The molecule has 194 valence electrons. The molecule has 0 amide bonds. The van der Waals surface area contributed by atoms with E-state index in [1.807, 2.05) is 26.0 Å². The summed E-state index contributed by atoms with van der Waals surface area (Å²) >= 11 is 0. The number of fused-ring (bicyclic) bond motifs is 3. The van der Waals surface area contributed by atoms with Crippen molar-refractivity contribution < 1.29 is 33.8 Å². The van der Waals surface area contributed by atoms with Gasteiger partial charge in [0.2, 0.25) is 0 Å². The number of unbranched alkanes of at least 4 members (excludes halogenated alkanes) is 1. The first kappa shape index (κ1) is 26.4. The summed E-state index contributed by atoms with van der Waals surface area (Å²) < 4.78 is 5.90. The van der Waals surface area contributed by atoms with Gasteiger partial charge in [-0.05, 0) is 49.1 Å². The number of benzene rings is 1. The van der Waals surface area contributed by atoms with E-state index in [1.54, 1.807) is 26.8 Å². The number of ketones is 5. The lowest BCUT2D eigenvalue weighted by atomic mass is 9.40. The lowest BCUT2D eigenvalue weighted by molar-refractivity contribution is -0.205. The smallest absolute Gasteiger partial charge is 0.190 e. The Morgan fingerprint density at radius 3 is 2.39 bits per heavy atom. The van der Waals surface area contributed by atoms with Crippen molar-refractivity contribution in [2.45, 2.75) is 72.8 Å². The van der Waals surface area contributed by atoms with Crippen molar-refractivity contribution in [2.75, 3.05) is 6.61 Å². The molecule has 0 radical (unpaired) electrons. The van der Waals surface area contributed by atoms with Gasteiger partial charge in [-0.2, -0.15) is 0 Å². The van der Waals surface area contributed by atoms with Crippen LogP contribution in [0.25, 0.3) is 0 Å². The van der Waals surface area contributed by atoms with Crippen molar-refractivity contribution in [2.24, 2.45) is 34.5 Å². The Hall–Kier alpha value is -2.67. The zero-order valence-corrected chi connectivity index (χ0v) is 22.0. The number of carbonyl (C=O) groups is 5. The average molecular weight is 497 g/mol. The number of hydrogen-bond acceptors (Lipinski definition) is 7. The van der Waals surface area contributed by atoms with Crippen LogP contribution in [0.2, 0.25) is 0 Å². The summed E-state index contributed by atoms with van der Waals surface area (Å²) in [5.41, 5.74) is -3.90. The van der Waals surface area contributed by atoms with Gasteiger partial charge >= 0.3 is 0 Å². The lowest BCUT2D eigenvalue weighted by Crippen LogP contribution is -2.76. The molecule has 3 aliphatic rings. The van der Waals surface area contributed by atoms with Crippen LogP contribution < -0.4 is 4.74 Å². The van der Waals surface area contributed by atoms with Gasteiger partial charge in [-0.15, -0.1) is 0 Å². The highest BCUT2D eigenvalue weighted by molar-refractivity contribution is 6.32. The number of aliphatic hydroxyl groups is 1.